The Morgan fingerprint density at radius 3 is 2.89 bits per heavy atom. The number of fused-ring (bicyclic) bond motifs is 1. The van der Waals surface area contributed by atoms with Crippen LogP contribution in [-0.4, -0.2) is 29.1 Å². The van der Waals surface area contributed by atoms with E-state index in [2.05, 4.69) is 9.88 Å². The molecule has 0 atom stereocenters. The molecular weight excluding hydrogens is 232 g/mol. The first-order chi connectivity index (χ1) is 8.74. The summed E-state index contributed by atoms with van der Waals surface area (Å²) >= 11 is 0. The second kappa shape index (κ2) is 4.33. The molecule has 0 amide bonds. The van der Waals surface area contributed by atoms with Gasteiger partial charge >= 0.3 is 5.97 Å². The molecule has 1 aliphatic rings. The van der Waals surface area contributed by atoms with Crippen molar-refractivity contribution in [3.63, 3.8) is 0 Å². The van der Waals surface area contributed by atoms with Crippen LogP contribution < -0.4 is 4.90 Å². The third-order valence-corrected chi connectivity index (χ3v) is 3.52. The van der Waals surface area contributed by atoms with Crippen molar-refractivity contribution >= 4 is 22.8 Å². The molecule has 1 N–H and O–H groups in total. The highest BCUT2D eigenvalue weighted by Crippen LogP contribution is 2.26. The van der Waals surface area contributed by atoms with Gasteiger partial charge in [0, 0.05) is 18.8 Å². The van der Waals surface area contributed by atoms with Crippen LogP contribution in [0.3, 0.4) is 0 Å². The summed E-state index contributed by atoms with van der Waals surface area (Å²) in [4.78, 5) is 17.2. The van der Waals surface area contributed by atoms with Gasteiger partial charge in [0.25, 0.3) is 0 Å². The number of rotatable bonds is 2. The number of nitrogens with zero attached hydrogens (tertiary/aromatic N) is 2. The van der Waals surface area contributed by atoms with Crippen LogP contribution in [0.5, 0.6) is 0 Å². The maximum atomic E-state index is 10.9. The van der Waals surface area contributed by atoms with E-state index in [0.29, 0.717) is 12.8 Å². The minimum Gasteiger partial charge on any atom is -0.481 e. The van der Waals surface area contributed by atoms with E-state index in [1.807, 2.05) is 18.2 Å². The van der Waals surface area contributed by atoms with E-state index in [0.717, 1.165) is 29.9 Å². The third-order valence-electron chi connectivity index (χ3n) is 3.52. The van der Waals surface area contributed by atoms with Gasteiger partial charge in [-0.1, -0.05) is 0 Å². The molecule has 3 rings (SSSR count). The minimum atomic E-state index is -0.679. The molecule has 0 saturated carbocycles. The number of anilines is 1. The second-order valence-electron chi connectivity index (χ2n) is 4.60. The molecule has 0 radical (unpaired) electrons. The molecule has 1 aliphatic heterocycles. The molecule has 5 nitrogen and oxygen atoms in total. The fraction of sp³-hybridized carbons (Fsp3) is 0.385. The Hall–Kier alpha value is -2.04. The molecule has 1 aromatic carbocycles. The predicted molar refractivity (Wildman–Crippen MR) is 66.6 cm³/mol. The molecule has 0 spiro atoms. The molecular formula is C13H14N2O3. The number of benzene rings is 1. The Morgan fingerprint density at radius 2 is 2.17 bits per heavy atom. The highest BCUT2D eigenvalue weighted by atomic mass is 16.4. The summed E-state index contributed by atoms with van der Waals surface area (Å²) in [7, 11) is 0. The number of hydrogen-bond donors (Lipinski definition) is 1. The van der Waals surface area contributed by atoms with E-state index in [1.54, 1.807) is 0 Å². The maximum absolute atomic E-state index is 10.9. The molecule has 2 aromatic rings. The van der Waals surface area contributed by atoms with E-state index in [9.17, 15) is 4.79 Å². The van der Waals surface area contributed by atoms with Crippen molar-refractivity contribution in [2.45, 2.75) is 12.8 Å². The molecule has 0 bridgehead atoms. The smallest absolute Gasteiger partial charge is 0.306 e. The Balaban J connectivity index is 1.77. The number of hydrogen-bond acceptors (Lipinski definition) is 4. The Kier molecular flexibility index (Phi) is 2.66. The Morgan fingerprint density at radius 1 is 1.39 bits per heavy atom. The lowest BCUT2D eigenvalue weighted by Crippen LogP contribution is -2.36. The molecule has 94 valence electrons. The van der Waals surface area contributed by atoms with Crippen LogP contribution in [0.4, 0.5) is 5.69 Å². The van der Waals surface area contributed by atoms with Crippen molar-refractivity contribution in [3.05, 3.63) is 24.6 Å². The van der Waals surface area contributed by atoms with Gasteiger partial charge in [-0.15, -0.1) is 0 Å². The SMILES string of the molecule is O=C(O)C1CCN(c2ccc3ocnc3c2)CC1. The zero-order valence-corrected chi connectivity index (χ0v) is 9.87. The van der Waals surface area contributed by atoms with Crippen molar-refractivity contribution < 1.29 is 14.3 Å². The van der Waals surface area contributed by atoms with Crippen molar-refractivity contribution in [1.82, 2.24) is 4.98 Å². The quantitative estimate of drug-likeness (QED) is 0.879. The number of aliphatic carboxylic acids is 1. The Labute approximate surface area is 104 Å². The highest BCUT2D eigenvalue weighted by molar-refractivity contribution is 5.77. The molecule has 2 heterocycles. The first-order valence-electron chi connectivity index (χ1n) is 6.05. The summed E-state index contributed by atoms with van der Waals surface area (Å²) in [5.41, 5.74) is 2.70. The van der Waals surface area contributed by atoms with E-state index in [-0.39, 0.29) is 5.92 Å². The van der Waals surface area contributed by atoms with Crippen LogP contribution in [0.2, 0.25) is 0 Å². The summed E-state index contributed by atoms with van der Waals surface area (Å²) in [6.45, 7) is 1.56. The van der Waals surface area contributed by atoms with Crippen LogP contribution in [0.1, 0.15) is 12.8 Å². The van der Waals surface area contributed by atoms with Crippen LogP contribution >= 0.6 is 0 Å². The van der Waals surface area contributed by atoms with Crippen LogP contribution in [0.15, 0.2) is 29.0 Å². The van der Waals surface area contributed by atoms with Gasteiger partial charge in [-0.2, -0.15) is 0 Å². The Bertz CT molecular complexity index is 570. The van der Waals surface area contributed by atoms with Gasteiger partial charge in [0.15, 0.2) is 12.0 Å². The number of aromatic nitrogens is 1. The van der Waals surface area contributed by atoms with Gasteiger partial charge in [-0.3, -0.25) is 4.79 Å². The molecule has 0 aliphatic carbocycles. The number of oxazole rings is 1. The third kappa shape index (κ3) is 1.92. The molecule has 1 fully saturated rings. The number of carboxylic acids is 1. The minimum absolute atomic E-state index is 0.197. The molecule has 1 saturated heterocycles. The zero-order valence-electron chi connectivity index (χ0n) is 9.87. The second-order valence-corrected chi connectivity index (χ2v) is 4.60. The summed E-state index contributed by atoms with van der Waals surface area (Å²) < 4.78 is 5.20. The maximum Gasteiger partial charge on any atom is 0.306 e. The van der Waals surface area contributed by atoms with E-state index >= 15 is 0 Å². The van der Waals surface area contributed by atoms with E-state index in [4.69, 9.17) is 9.52 Å². The summed E-state index contributed by atoms with van der Waals surface area (Å²) in [5.74, 6) is -0.876. The number of carboxylic acid groups (broad SMARTS) is 1. The summed E-state index contributed by atoms with van der Waals surface area (Å²) in [5, 5.41) is 8.97. The first kappa shape index (κ1) is 11.1. The van der Waals surface area contributed by atoms with Crippen molar-refractivity contribution in [3.8, 4) is 0 Å². The van der Waals surface area contributed by atoms with Crippen LogP contribution in [0.25, 0.3) is 11.1 Å². The largest absolute Gasteiger partial charge is 0.481 e. The average Bonchev–Trinajstić information content (AvgIpc) is 2.86. The molecule has 1 aromatic heterocycles. The lowest BCUT2D eigenvalue weighted by molar-refractivity contribution is -0.142. The van der Waals surface area contributed by atoms with Crippen LogP contribution in [-0.2, 0) is 4.79 Å². The number of piperidine rings is 1. The molecule has 18 heavy (non-hydrogen) atoms. The van der Waals surface area contributed by atoms with Crippen molar-refractivity contribution in [2.24, 2.45) is 5.92 Å². The lowest BCUT2D eigenvalue weighted by atomic mass is 9.97. The lowest BCUT2D eigenvalue weighted by Gasteiger charge is -2.31. The van der Waals surface area contributed by atoms with Crippen molar-refractivity contribution in [2.75, 3.05) is 18.0 Å². The van der Waals surface area contributed by atoms with Gasteiger partial charge in [0.1, 0.15) is 5.52 Å². The fourth-order valence-electron chi connectivity index (χ4n) is 2.43. The van der Waals surface area contributed by atoms with Gasteiger partial charge in [0.05, 0.1) is 5.92 Å². The molecule has 0 unspecified atom stereocenters. The number of carbonyl (C=O) groups is 1. The van der Waals surface area contributed by atoms with Gasteiger partial charge < -0.3 is 14.4 Å². The predicted octanol–water partition coefficient (Wildman–Crippen LogP) is 2.13. The molecule has 5 heteroatoms. The van der Waals surface area contributed by atoms with Crippen molar-refractivity contribution in [1.29, 1.82) is 0 Å². The normalized spacial score (nSPS) is 17.2. The summed E-state index contributed by atoms with van der Waals surface area (Å²) in [6.07, 6.45) is 2.84. The highest BCUT2D eigenvalue weighted by Gasteiger charge is 2.24. The topological polar surface area (TPSA) is 66.6 Å². The fourth-order valence-corrected chi connectivity index (χ4v) is 2.43. The van der Waals surface area contributed by atoms with Crippen LogP contribution in [0, 0.1) is 5.92 Å². The van der Waals surface area contributed by atoms with Gasteiger partial charge in [-0.05, 0) is 31.0 Å². The average molecular weight is 246 g/mol. The van der Waals surface area contributed by atoms with Gasteiger partial charge in [-0.25, -0.2) is 4.98 Å². The standard InChI is InChI=1S/C13H14N2O3/c16-13(17)9-3-5-15(6-4-9)10-1-2-12-11(7-10)14-8-18-12/h1-2,7-9H,3-6H2,(H,16,17). The van der Waals surface area contributed by atoms with E-state index < -0.39 is 5.97 Å². The summed E-state index contributed by atoms with van der Waals surface area (Å²) in [6, 6.07) is 5.88. The zero-order chi connectivity index (χ0) is 12.5. The first-order valence-corrected chi connectivity index (χ1v) is 6.05. The monoisotopic (exact) mass is 246 g/mol. The van der Waals surface area contributed by atoms with E-state index in [1.165, 1.54) is 6.39 Å². The van der Waals surface area contributed by atoms with Gasteiger partial charge in [0.2, 0.25) is 0 Å².